The fourth-order valence-electron chi connectivity index (χ4n) is 1.85. The molecule has 88 valence electrons. The molecule has 1 unspecified atom stereocenters. The Hall–Kier alpha value is -0.380. The second-order valence-corrected chi connectivity index (χ2v) is 5.16. The molecule has 0 spiro atoms. The van der Waals surface area contributed by atoms with Crippen LogP contribution in [0.2, 0.25) is 5.02 Å². The molecule has 0 bridgehead atoms. The van der Waals surface area contributed by atoms with Gasteiger partial charge in [-0.15, -0.1) is 11.8 Å². The molecule has 1 aromatic carbocycles. The van der Waals surface area contributed by atoms with E-state index in [4.69, 9.17) is 16.3 Å². The first-order valence-corrected chi connectivity index (χ1v) is 7.07. The van der Waals surface area contributed by atoms with Gasteiger partial charge in [0, 0.05) is 23.2 Å². The van der Waals surface area contributed by atoms with Crippen molar-refractivity contribution >= 4 is 29.1 Å². The Morgan fingerprint density at radius 3 is 3.00 bits per heavy atom. The molecule has 0 saturated carbocycles. The molecule has 0 aliphatic carbocycles. The van der Waals surface area contributed by atoms with Crippen molar-refractivity contribution in [2.24, 2.45) is 0 Å². The first kappa shape index (κ1) is 12.1. The van der Waals surface area contributed by atoms with E-state index in [9.17, 15) is 0 Å². The molecular formula is C12H16ClNOS. The fourth-order valence-corrected chi connectivity index (χ4v) is 2.72. The highest BCUT2D eigenvalue weighted by Crippen LogP contribution is 2.28. The minimum absolute atomic E-state index is 0.421. The van der Waals surface area contributed by atoms with E-state index in [1.807, 2.05) is 12.3 Å². The molecule has 0 radical (unpaired) electrons. The summed E-state index contributed by atoms with van der Waals surface area (Å²) in [5, 5.41) is 4.27. The number of hydrogen-bond acceptors (Lipinski definition) is 3. The lowest BCUT2D eigenvalue weighted by molar-refractivity contribution is 0.0876. The topological polar surface area (TPSA) is 21.3 Å². The van der Waals surface area contributed by atoms with Crippen LogP contribution in [0.5, 0.6) is 0 Å². The van der Waals surface area contributed by atoms with Crippen molar-refractivity contribution in [3.63, 3.8) is 0 Å². The summed E-state index contributed by atoms with van der Waals surface area (Å²) in [5.74, 6) is 0. The van der Waals surface area contributed by atoms with Gasteiger partial charge >= 0.3 is 0 Å². The number of hydrogen-bond donors (Lipinski definition) is 1. The molecule has 0 amide bonds. The number of halogens is 1. The summed E-state index contributed by atoms with van der Waals surface area (Å²) < 4.78 is 5.43. The predicted octanol–water partition coefficient (Wildman–Crippen LogP) is 3.65. The summed E-state index contributed by atoms with van der Waals surface area (Å²) in [5.41, 5.74) is 1.08. The van der Waals surface area contributed by atoms with Crippen LogP contribution in [0.4, 0.5) is 5.69 Å². The normalized spacial score (nSPS) is 20.8. The van der Waals surface area contributed by atoms with E-state index in [2.05, 4.69) is 17.4 Å². The molecule has 0 aromatic heterocycles. The van der Waals surface area contributed by atoms with Crippen molar-refractivity contribution in [1.82, 2.24) is 0 Å². The molecule has 4 heteroatoms. The molecule has 2 nitrogen and oxygen atoms in total. The number of thioether (sulfide) groups is 1. The molecule has 1 aromatic rings. The summed E-state index contributed by atoms with van der Waals surface area (Å²) in [4.78, 5) is 1.12. The highest BCUT2D eigenvalue weighted by Gasteiger charge is 2.13. The van der Waals surface area contributed by atoms with Gasteiger partial charge in [-0.3, -0.25) is 0 Å². The van der Waals surface area contributed by atoms with Crippen LogP contribution in [0.3, 0.4) is 0 Å². The first-order chi connectivity index (χ1) is 7.79. The molecule has 1 heterocycles. The predicted molar refractivity (Wildman–Crippen MR) is 70.7 cm³/mol. The van der Waals surface area contributed by atoms with Crippen LogP contribution in [0.25, 0.3) is 0 Å². The van der Waals surface area contributed by atoms with Gasteiger partial charge in [-0.25, -0.2) is 0 Å². The van der Waals surface area contributed by atoms with E-state index in [1.165, 1.54) is 6.42 Å². The second kappa shape index (κ2) is 5.80. The van der Waals surface area contributed by atoms with Crippen molar-refractivity contribution < 1.29 is 4.74 Å². The van der Waals surface area contributed by atoms with E-state index < -0.39 is 0 Å². The molecule has 1 aliphatic rings. The number of benzene rings is 1. The van der Waals surface area contributed by atoms with Gasteiger partial charge in [-0.05, 0) is 37.3 Å². The van der Waals surface area contributed by atoms with Gasteiger partial charge in [0.15, 0.2) is 0 Å². The van der Waals surface area contributed by atoms with E-state index in [1.54, 1.807) is 11.8 Å². The molecule has 1 aliphatic heterocycles. The van der Waals surface area contributed by atoms with Crippen molar-refractivity contribution in [2.75, 3.05) is 24.8 Å². The van der Waals surface area contributed by atoms with Crippen LogP contribution >= 0.6 is 23.4 Å². The van der Waals surface area contributed by atoms with Gasteiger partial charge in [0.2, 0.25) is 0 Å². The smallest absolute Gasteiger partial charge is 0.0667 e. The zero-order valence-corrected chi connectivity index (χ0v) is 10.9. The number of ether oxygens (including phenoxy) is 1. The van der Waals surface area contributed by atoms with Gasteiger partial charge in [0.05, 0.1) is 11.6 Å². The molecule has 1 N–H and O–H groups in total. The van der Waals surface area contributed by atoms with E-state index >= 15 is 0 Å². The Balaban J connectivity index is 2.01. The molecule has 2 rings (SSSR count). The fraction of sp³-hybridized carbons (Fsp3) is 0.500. The van der Waals surface area contributed by atoms with Crippen molar-refractivity contribution in [2.45, 2.75) is 23.8 Å². The SMILES string of the molecule is CSc1ccc(NC2CCCOC2)cc1Cl. The maximum atomic E-state index is 6.16. The molecule has 1 saturated heterocycles. The number of rotatable bonds is 3. The van der Waals surface area contributed by atoms with Crippen molar-refractivity contribution in [1.29, 1.82) is 0 Å². The number of anilines is 1. The third kappa shape index (κ3) is 3.06. The summed E-state index contributed by atoms with van der Waals surface area (Å²) in [6, 6.07) is 6.54. The maximum absolute atomic E-state index is 6.16. The second-order valence-electron chi connectivity index (χ2n) is 3.91. The van der Waals surface area contributed by atoms with Gasteiger partial charge in [0.25, 0.3) is 0 Å². The van der Waals surface area contributed by atoms with Crippen LogP contribution < -0.4 is 5.32 Å². The maximum Gasteiger partial charge on any atom is 0.0667 e. The van der Waals surface area contributed by atoms with Gasteiger partial charge in [-0.2, -0.15) is 0 Å². The lowest BCUT2D eigenvalue weighted by Gasteiger charge is -2.24. The van der Waals surface area contributed by atoms with E-state index in [-0.39, 0.29) is 0 Å². The monoisotopic (exact) mass is 257 g/mol. The molecule has 1 fully saturated rings. The van der Waals surface area contributed by atoms with Gasteiger partial charge < -0.3 is 10.1 Å². The van der Waals surface area contributed by atoms with Crippen LogP contribution in [0.1, 0.15) is 12.8 Å². The minimum Gasteiger partial charge on any atom is -0.380 e. The highest BCUT2D eigenvalue weighted by atomic mass is 35.5. The Labute approximate surface area is 106 Å². The molecule has 1 atom stereocenters. The van der Waals surface area contributed by atoms with Gasteiger partial charge in [0.1, 0.15) is 0 Å². The Bertz CT molecular complexity index is 353. The highest BCUT2D eigenvalue weighted by molar-refractivity contribution is 7.98. The third-order valence-electron chi connectivity index (χ3n) is 2.68. The average Bonchev–Trinajstić information content (AvgIpc) is 2.31. The summed E-state index contributed by atoms with van der Waals surface area (Å²) in [7, 11) is 0. The Morgan fingerprint density at radius 1 is 1.50 bits per heavy atom. The zero-order valence-electron chi connectivity index (χ0n) is 9.33. The van der Waals surface area contributed by atoms with Crippen LogP contribution in [0, 0.1) is 0 Å². The van der Waals surface area contributed by atoms with E-state index in [0.29, 0.717) is 6.04 Å². The lowest BCUT2D eigenvalue weighted by atomic mass is 10.1. The van der Waals surface area contributed by atoms with Crippen molar-refractivity contribution in [3.8, 4) is 0 Å². The largest absolute Gasteiger partial charge is 0.380 e. The van der Waals surface area contributed by atoms with Crippen LogP contribution in [-0.4, -0.2) is 25.5 Å². The minimum atomic E-state index is 0.421. The van der Waals surface area contributed by atoms with Gasteiger partial charge in [-0.1, -0.05) is 11.6 Å². The first-order valence-electron chi connectivity index (χ1n) is 5.47. The van der Waals surface area contributed by atoms with Crippen molar-refractivity contribution in [3.05, 3.63) is 23.2 Å². The quantitative estimate of drug-likeness (QED) is 0.836. The summed E-state index contributed by atoms with van der Waals surface area (Å²) >= 11 is 7.82. The average molecular weight is 258 g/mol. The number of nitrogens with one attached hydrogen (secondary N) is 1. The Kier molecular flexibility index (Phi) is 4.38. The van der Waals surface area contributed by atoms with Crippen LogP contribution in [-0.2, 0) is 4.74 Å². The zero-order chi connectivity index (χ0) is 11.4. The van der Waals surface area contributed by atoms with E-state index in [0.717, 1.165) is 35.2 Å². The summed E-state index contributed by atoms with van der Waals surface area (Å²) in [6.45, 7) is 1.69. The lowest BCUT2D eigenvalue weighted by Crippen LogP contribution is -2.29. The molecular weight excluding hydrogens is 242 g/mol. The Morgan fingerprint density at radius 2 is 2.38 bits per heavy atom. The third-order valence-corrected chi connectivity index (χ3v) is 3.90. The van der Waals surface area contributed by atoms with Crippen LogP contribution in [0.15, 0.2) is 23.1 Å². The summed E-state index contributed by atoms with van der Waals surface area (Å²) in [6.07, 6.45) is 4.33. The standard InChI is InChI=1S/C12H16ClNOS/c1-16-12-5-4-9(7-11(12)13)14-10-3-2-6-15-8-10/h4-5,7,10,14H,2-3,6,8H2,1H3. The molecule has 16 heavy (non-hydrogen) atoms.